The van der Waals surface area contributed by atoms with E-state index in [2.05, 4.69) is 26.2 Å². The molecule has 0 aliphatic rings. The maximum atomic E-state index is 11.7. The molecule has 3 N–H and O–H groups in total. The van der Waals surface area contributed by atoms with Crippen molar-refractivity contribution in [1.29, 1.82) is 0 Å². The number of nitrogens with one attached hydrogen (secondary N) is 1. The molecule has 1 aromatic heterocycles. The lowest BCUT2D eigenvalue weighted by atomic mass is 10.0. The molecule has 4 nitrogen and oxygen atoms in total. The van der Waals surface area contributed by atoms with Gasteiger partial charge in [0.1, 0.15) is 5.82 Å². The molecule has 0 aliphatic heterocycles. The highest BCUT2D eigenvalue weighted by Crippen LogP contribution is 2.17. The number of amides is 1. The van der Waals surface area contributed by atoms with Crippen molar-refractivity contribution >= 4 is 27.7 Å². The first-order chi connectivity index (χ1) is 7.41. The third-order valence-electron chi connectivity index (χ3n) is 2.50. The standard InChI is InChI=1S/C11H16BrN3O/c1-6-4-10(14-5-9(6)12)15-11(16)7(2)8(3)13/h4-5,7-8H,13H2,1-3H3,(H,14,15,16). The number of hydrogen-bond acceptors (Lipinski definition) is 3. The predicted molar refractivity (Wildman–Crippen MR) is 68.1 cm³/mol. The third-order valence-corrected chi connectivity index (χ3v) is 3.33. The Morgan fingerprint density at radius 1 is 1.56 bits per heavy atom. The van der Waals surface area contributed by atoms with Crippen LogP contribution in [0.5, 0.6) is 0 Å². The van der Waals surface area contributed by atoms with Gasteiger partial charge in [-0.25, -0.2) is 4.98 Å². The lowest BCUT2D eigenvalue weighted by Crippen LogP contribution is -2.34. The Kier molecular flexibility index (Phi) is 4.44. The number of nitrogens with zero attached hydrogens (tertiary/aromatic N) is 1. The van der Waals surface area contributed by atoms with Gasteiger partial charge in [0, 0.05) is 16.7 Å². The number of rotatable bonds is 3. The molecule has 0 aromatic carbocycles. The summed E-state index contributed by atoms with van der Waals surface area (Å²) in [6.07, 6.45) is 1.67. The number of halogens is 1. The van der Waals surface area contributed by atoms with Crippen molar-refractivity contribution < 1.29 is 4.79 Å². The number of aryl methyl sites for hydroxylation is 1. The topological polar surface area (TPSA) is 68.0 Å². The summed E-state index contributed by atoms with van der Waals surface area (Å²) in [6, 6.07) is 1.65. The molecule has 0 bridgehead atoms. The van der Waals surface area contributed by atoms with Gasteiger partial charge in [0.2, 0.25) is 5.91 Å². The van der Waals surface area contributed by atoms with Crippen LogP contribution >= 0.6 is 15.9 Å². The zero-order valence-electron chi connectivity index (χ0n) is 9.62. The molecule has 1 aromatic rings. The summed E-state index contributed by atoms with van der Waals surface area (Å²) in [7, 11) is 0. The van der Waals surface area contributed by atoms with Crippen LogP contribution in [0, 0.1) is 12.8 Å². The molecule has 0 saturated carbocycles. The molecule has 0 saturated heterocycles. The van der Waals surface area contributed by atoms with Crippen molar-refractivity contribution in [2.24, 2.45) is 11.7 Å². The first-order valence-electron chi connectivity index (χ1n) is 5.10. The van der Waals surface area contributed by atoms with Crippen molar-refractivity contribution in [3.63, 3.8) is 0 Å². The lowest BCUT2D eigenvalue weighted by Gasteiger charge is -2.15. The van der Waals surface area contributed by atoms with Gasteiger partial charge in [0.05, 0.1) is 5.92 Å². The summed E-state index contributed by atoms with van der Waals surface area (Å²) in [5.41, 5.74) is 6.68. The number of nitrogens with two attached hydrogens (primary N) is 1. The molecule has 88 valence electrons. The molecule has 0 aliphatic carbocycles. The lowest BCUT2D eigenvalue weighted by molar-refractivity contribution is -0.119. The molecule has 2 atom stereocenters. The van der Waals surface area contributed by atoms with Gasteiger partial charge in [0.25, 0.3) is 0 Å². The van der Waals surface area contributed by atoms with Gasteiger partial charge in [0.15, 0.2) is 0 Å². The van der Waals surface area contributed by atoms with E-state index >= 15 is 0 Å². The number of carbonyl (C=O) groups is 1. The maximum Gasteiger partial charge on any atom is 0.229 e. The average molecular weight is 286 g/mol. The van der Waals surface area contributed by atoms with E-state index in [4.69, 9.17) is 5.73 Å². The summed E-state index contributed by atoms with van der Waals surface area (Å²) in [5.74, 6) is 0.216. The van der Waals surface area contributed by atoms with Crippen LogP contribution in [0.15, 0.2) is 16.7 Å². The first kappa shape index (κ1) is 13.1. The van der Waals surface area contributed by atoms with Crippen molar-refractivity contribution in [1.82, 2.24) is 4.98 Å². The van der Waals surface area contributed by atoms with Crippen molar-refractivity contribution in [2.75, 3.05) is 5.32 Å². The predicted octanol–water partition coefficient (Wildman–Crippen LogP) is 2.07. The van der Waals surface area contributed by atoms with E-state index in [1.807, 2.05) is 19.9 Å². The highest BCUT2D eigenvalue weighted by atomic mass is 79.9. The molecule has 0 fully saturated rings. The molecule has 1 amide bonds. The minimum absolute atomic E-state index is 0.107. The van der Waals surface area contributed by atoms with Gasteiger partial charge < -0.3 is 11.1 Å². The summed E-state index contributed by atoms with van der Waals surface area (Å²) >= 11 is 3.35. The molecule has 16 heavy (non-hydrogen) atoms. The quantitative estimate of drug-likeness (QED) is 0.893. The van der Waals surface area contributed by atoms with E-state index in [0.717, 1.165) is 10.0 Å². The zero-order chi connectivity index (χ0) is 12.3. The zero-order valence-corrected chi connectivity index (χ0v) is 11.2. The highest BCUT2D eigenvalue weighted by Gasteiger charge is 2.17. The Labute approximate surface area is 104 Å². The fraction of sp³-hybridized carbons (Fsp3) is 0.455. The molecule has 0 radical (unpaired) electrons. The Bertz CT molecular complexity index is 393. The van der Waals surface area contributed by atoms with E-state index in [9.17, 15) is 4.79 Å². The number of aromatic nitrogens is 1. The number of anilines is 1. The summed E-state index contributed by atoms with van der Waals surface area (Å²) in [4.78, 5) is 15.8. The van der Waals surface area contributed by atoms with Crippen LogP contribution < -0.4 is 11.1 Å². The third kappa shape index (κ3) is 3.28. The fourth-order valence-electron chi connectivity index (χ4n) is 1.09. The van der Waals surface area contributed by atoms with Crippen LogP contribution in [-0.4, -0.2) is 16.9 Å². The Hall–Kier alpha value is -0.940. The van der Waals surface area contributed by atoms with E-state index in [1.165, 1.54) is 0 Å². The van der Waals surface area contributed by atoms with Gasteiger partial charge in [-0.15, -0.1) is 0 Å². The molecule has 0 spiro atoms. The van der Waals surface area contributed by atoms with Gasteiger partial charge in [-0.1, -0.05) is 6.92 Å². The van der Waals surface area contributed by atoms with E-state index in [0.29, 0.717) is 5.82 Å². The van der Waals surface area contributed by atoms with Gasteiger partial charge in [-0.05, 0) is 41.4 Å². The number of carbonyl (C=O) groups excluding carboxylic acids is 1. The second kappa shape index (κ2) is 5.41. The van der Waals surface area contributed by atoms with Crippen LogP contribution in [-0.2, 0) is 4.79 Å². The van der Waals surface area contributed by atoms with Crippen LogP contribution in [0.2, 0.25) is 0 Å². The van der Waals surface area contributed by atoms with Crippen LogP contribution in [0.4, 0.5) is 5.82 Å². The summed E-state index contributed by atoms with van der Waals surface area (Å²) in [6.45, 7) is 5.55. The Morgan fingerprint density at radius 2 is 2.19 bits per heavy atom. The van der Waals surface area contributed by atoms with Crippen molar-refractivity contribution in [3.8, 4) is 0 Å². The molecule has 1 rings (SSSR count). The average Bonchev–Trinajstić information content (AvgIpc) is 2.22. The monoisotopic (exact) mass is 285 g/mol. The molecular weight excluding hydrogens is 270 g/mol. The Balaban J connectivity index is 2.74. The SMILES string of the molecule is Cc1cc(NC(=O)C(C)C(C)N)ncc1Br. The van der Waals surface area contributed by atoms with Gasteiger partial charge in [-0.2, -0.15) is 0 Å². The van der Waals surface area contributed by atoms with E-state index < -0.39 is 0 Å². The minimum Gasteiger partial charge on any atom is -0.327 e. The van der Waals surface area contributed by atoms with Crippen LogP contribution in [0.25, 0.3) is 0 Å². The van der Waals surface area contributed by atoms with E-state index in [-0.39, 0.29) is 17.9 Å². The summed E-state index contributed by atoms with van der Waals surface area (Å²) < 4.78 is 0.922. The fourth-order valence-corrected chi connectivity index (χ4v) is 1.30. The maximum absolute atomic E-state index is 11.7. The van der Waals surface area contributed by atoms with Crippen LogP contribution in [0.1, 0.15) is 19.4 Å². The normalized spacial score (nSPS) is 14.3. The van der Waals surface area contributed by atoms with E-state index in [1.54, 1.807) is 13.1 Å². The smallest absolute Gasteiger partial charge is 0.229 e. The van der Waals surface area contributed by atoms with Crippen molar-refractivity contribution in [2.45, 2.75) is 26.8 Å². The largest absolute Gasteiger partial charge is 0.327 e. The van der Waals surface area contributed by atoms with Gasteiger partial charge in [-0.3, -0.25) is 4.79 Å². The number of pyridine rings is 1. The molecule has 2 unspecified atom stereocenters. The van der Waals surface area contributed by atoms with Gasteiger partial charge >= 0.3 is 0 Å². The summed E-state index contributed by atoms with van der Waals surface area (Å²) in [5, 5.41) is 2.74. The van der Waals surface area contributed by atoms with Crippen LogP contribution in [0.3, 0.4) is 0 Å². The number of hydrogen-bond donors (Lipinski definition) is 2. The Morgan fingerprint density at radius 3 is 2.69 bits per heavy atom. The molecule has 5 heteroatoms. The first-order valence-corrected chi connectivity index (χ1v) is 5.89. The minimum atomic E-state index is -0.231. The van der Waals surface area contributed by atoms with Crippen molar-refractivity contribution in [3.05, 3.63) is 22.3 Å². The molecule has 1 heterocycles. The second-order valence-corrected chi connectivity index (χ2v) is 4.81. The highest BCUT2D eigenvalue weighted by molar-refractivity contribution is 9.10. The second-order valence-electron chi connectivity index (χ2n) is 3.96. The molecular formula is C11H16BrN3O.